The van der Waals surface area contributed by atoms with Crippen molar-refractivity contribution in [2.24, 2.45) is 0 Å². The fourth-order valence-electron chi connectivity index (χ4n) is 2.98. The third-order valence-corrected chi connectivity index (χ3v) is 5.15. The zero-order chi connectivity index (χ0) is 20.2. The highest BCUT2D eigenvalue weighted by atomic mass is 32.2. The molecule has 1 aromatic heterocycles. The molecule has 0 atom stereocenters. The van der Waals surface area contributed by atoms with E-state index in [1.807, 2.05) is 66.9 Å². The molecule has 0 fully saturated rings. The van der Waals surface area contributed by atoms with Gasteiger partial charge in [-0.3, -0.25) is 9.36 Å². The van der Waals surface area contributed by atoms with Crippen LogP contribution in [0.15, 0.2) is 53.7 Å². The summed E-state index contributed by atoms with van der Waals surface area (Å²) in [5.74, 6) is 2.11. The van der Waals surface area contributed by atoms with Gasteiger partial charge in [-0.15, -0.1) is 10.2 Å². The lowest BCUT2D eigenvalue weighted by molar-refractivity contribution is -0.144. The van der Waals surface area contributed by atoms with Crippen molar-refractivity contribution in [3.63, 3.8) is 0 Å². The van der Waals surface area contributed by atoms with Gasteiger partial charge in [0.15, 0.2) is 22.5 Å². The van der Waals surface area contributed by atoms with E-state index in [1.165, 1.54) is 11.8 Å². The molecule has 150 valence electrons. The van der Waals surface area contributed by atoms with E-state index in [4.69, 9.17) is 14.2 Å². The lowest BCUT2D eigenvalue weighted by Gasteiger charge is -2.11. The summed E-state index contributed by atoms with van der Waals surface area (Å²) in [4.78, 5) is 12.0. The second-order valence-corrected chi connectivity index (χ2v) is 7.72. The molecule has 0 amide bonds. The summed E-state index contributed by atoms with van der Waals surface area (Å²) >= 11 is 1.32. The minimum atomic E-state index is -0.274. The minimum Gasteiger partial charge on any atom is -0.462 e. The van der Waals surface area contributed by atoms with Gasteiger partial charge in [0, 0.05) is 5.56 Å². The van der Waals surface area contributed by atoms with Gasteiger partial charge in [-0.2, -0.15) is 0 Å². The van der Waals surface area contributed by atoms with Crippen molar-refractivity contribution >= 4 is 17.7 Å². The average Bonchev–Trinajstić information content (AvgIpc) is 3.33. The van der Waals surface area contributed by atoms with Crippen LogP contribution in [0.5, 0.6) is 11.5 Å². The number of carbonyl (C=O) groups excluding carboxylic acids is 1. The molecule has 3 aromatic rings. The Kier molecular flexibility index (Phi) is 5.71. The van der Waals surface area contributed by atoms with E-state index in [0.717, 1.165) is 28.5 Å². The Morgan fingerprint density at radius 2 is 1.93 bits per heavy atom. The Balaban J connectivity index is 1.62. The first-order valence-corrected chi connectivity index (χ1v) is 10.3. The van der Waals surface area contributed by atoms with Gasteiger partial charge >= 0.3 is 5.97 Å². The van der Waals surface area contributed by atoms with Crippen LogP contribution in [0.25, 0.3) is 11.4 Å². The molecule has 8 heteroatoms. The quantitative estimate of drug-likeness (QED) is 0.433. The summed E-state index contributed by atoms with van der Waals surface area (Å²) in [6.45, 7) is 4.44. The Labute approximate surface area is 173 Å². The number of ether oxygens (including phenoxy) is 3. The monoisotopic (exact) mass is 411 g/mol. The first kappa shape index (κ1) is 19.3. The van der Waals surface area contributed by atoms with Crippen molar-refractivity contribution in [3.8, 4) is 22.9 Å². The van der Waals surface area contributed by atoms with Crippen molar-refractivity contribution < 1.29 is 19.0 Å². The highest BCUT2D eigenvalue weighted by molar-refractivity contribution is 7.99. The Hall–Kier alpha value is -3.00. The standard InChI is InChI=1S/C21H21N3O4S/c1-14(2)28-19(25)12-29-21-23-22-20(16-6-4-3-5-7-16)24(21)11-15-8-9-17-18(10-15)27-13-26-17/h3-10,14H,11-13H2,1-2H3. The summed E-state index contributed by atoms with van der Waals surface area (Å²) in [6, 6.07) is 15.7. The number of benzene rings is 2. The molecule has 2 aromatic carbocycles. The van der Waals surface area contributed by atoms with E-state index in [2.05, 4.69) is 10.2 Å². The van der Waals surface area contributed by atoms with Crippen molar-refractivity contribution in [2.45, 2.75) is 31.7 Å². The lowest BCUT2D eigenvalue weighted by atomic mass is 10.2. The topological polar surface area (TPSA) is 75.5 Å². The zero-order valence-electron chi connectivity index (χ0n) is 16.2. The first-order chi connectivity index (χ1) is 14.1. The molecule has 7 nitrogen and oxygen atoms in total. The number of thioether (sulfide) groups is 1. The fraction of sp³-hybridized carbons (Fsp3) is 0.286. The predicted octanol–water partition coefficient (Wildman–Crippen LogP) is 3.77. The van der Waals surface area contributed by atoms with Gasteiger partial charge in [0.05, 0.1) is 18.4 Å². The molecule has 0 unspecified atom stereocenters. The van der Waals surface area contributed by atoms with Gasteiger partial charge in [-0.1, -0.05) is 48.2 Å². The molecule has 0 saturated carbocycles. The van der Waals surface area contributed by atoms with E-state index in [9.17, 15) is 4.79 Å². The van der Waals surface area contributed by atoms with Gasteiger partial charge in [-0.05, 0) is 31.5 Å². The number of carbonyl (C=O) groups is 1. The second kappa shape index (κ2) is 8.57. The van der Waals surface area contributed by atoms with Crippen LogP contribution in [0, 0.1) is 0 Å². The van der Waals surface area contributed by atoms with Gasteiger partial charge in [0.1, 0.15) is 0 Å². The molecule has 29 heavy (non-hydrogen) atoms. The third kappa shape index (κ3) is 4.54. The van der Waals surface area contributed by atoms with Gasteiger partial charge in [0.25, 0.3) is 0 Å². The molecular formula is C21H21N3O4S. The van der Waals surface area contributed by atoms with E-state index >= 15 is 0 Å². The highest BCUT2D eigenvalue weighted by Crippen LogP contribution is 2.33. The molecule has 0 bridgehead atoms. The SMILES string of the molecule is CC(C)OC(=O)CSc1nnc(-c2ccccc2)n1Cc1ccc2c(c1)OCO2. The Morgan fingerprint density at radius 3 is 2.72 bits per heavy atom. The maximum atomic E-state index is 12.0. The molecule has 0 aliphatic carbocycles. The number of hydrogen-bond acceptors (Lipinski definition) is 7. The van der Waals surface area contributed by atoms with E-state index in [1.54, 1.807) is 0 Å². The number of fused-ring (bicyclic) bond motifs is 1. The smallest absolute Gasteiger partial charge is 0.316 e. The fourth-order valence-corrected chi connectivity index (χ4v) is 3.70. The van der Waals surface area contributed by atoms with Crippen LogP contribution in [0.4, 0.5) is 0 Å². The predicted molar refractivity (Wildman–Crippen MR) is 109 cm³/mol. The number of hydrogen-bond donors (Lipinski definition) is 0. The van der Waals surface area contributed by atoms with Crippen molar-refractivity contribution in [2.75, 3.05) is 12.5 Å². The molecule has 0 saturated heterocycles. The van der Waals surface area contributed by atoms with Crippen molar-refractivity contribution in [1.29, 1.82) is 0 Å². The molecule has 1 aliphatic heterocycles. The summed E-state index contributed by atoms with van der Waals surface area (Å²) in [6.07, 6.45) is -0.144. The first-order valence-electron chi connectivity index (χ1n) is 9.29. The van der Waals surface area contributed by atoms with E-state index in [-0.39, 0.29) is 24.6 Å². The second-order valence-electron chi connectivity index (χ2n) is 6.77. The van der Waals surface area contributed by atoms with Crippen LogP contribution in [-0.2, 0) is 16.1 Å². The lowest BCUT2D eigenvalue weighted by Crippen LogP contribution is -2.14. The summed E-state index contributed by atoms with van der Waals surface area (Å²) in [5, 5.41) is 9.36. The maximum Gasteiger partial charge on any atom is 0.316 e. The van der Waals surface area contributed by atoms with Crippen LogP contribution < -0.4 is 9.47 Å². The number of nitrogens with zero attached hydrogens (tertiary/aromatic N) is 3. The van der Waals surface area contributed by atoms with Crippen LogP contribution in [0.2, 0.25) is 0 Å². The summed E-state index contributed by atoms with van der Waals surface area (Å²) in [5.41, 5.74) is 1.98. The van der Waals surface area contributed by atoms with Crippen LogP contribution in [0.1, 0.15) is 19.4 Å². The molecule has 1 aliphatic rings. The van der Waals surface area contributed by atoms with Crippen LogP contribution in [-0.4, -0.2) is 39.4 Å². The Morgan fingerprint density at radius 1 is 1.14 bits per heavy atom. The van der Waals surface area contributed by atoms with Gasteiger partial charge in [-0.25, -0.2) is 0 Å². The minimum absolute atomic E-state index is 0.144. The number of aromatic nitrogens is 3. The van der Waals surface area contributed by atoms with Crippen LogP contribution >= 0.6 is 11.8 Å². The largest absolute Gasteiger partial charge is 0.462 e. The summed E-state index contributed by atoms with van der Waals surface area (Å²) < 4.78 is 18.1. The molecule has 0 radical (unpaired) electrons. The Bertz CT molecular complexity index is 1000. The molecule has 4 rings (SSSR count). The zero-order valence-corrected chi connectivity index (χ0v) is 17.0. The van der Waals surface area contributed by atoms with Gasteiger partial charge in [0.2, 0.25) is 6.79 Å². The molecule has 2 heterocycles. The van der Waals surface area contributed by atoms with Crippen molar-refractivity contribution in [3.05, 3.63) is 54.1 Å². The average molecular weight is 411 g/mol. The number of esters is 1. The van der Waals surface area contributed by atoms with E-state index < -0.39 is 0 Å². The number of rotatable bonds is 7. The maximum absolute atomic E-state index is 12.0. The van der Waals surface area contributed by atoms with Crippen LogP contribution in [0.3, 0.4) is 0 Å². The van der Waals surface area contributed by atoms with Gasteiger partial charge < -0.3 is 14.2 Å². The molecular weight excluding hydrogens is 390 g/mol. The molecule has 0 spiro atoms. The van der Waals surface area contributed by atoms with Crippen molar-refractivity contribution in [1.82, 2.24) is 14.8 Å². The van der Waals surface area contributed by atoms with E-state index in [0.29, 0.717) is 11.7 Å². The summed E-state index contributed by atoms with van der Waals surface area (Å²) in [7, 11) is 0. The highest BCUT2D eigenvalue weighted by Gasteiger charge is 2.19. The third-order valence-electron chi connectivity index (χ3n) is 4.21. The molecule has 0 N–H and O–H groups in total. The normalized spacial score (nSPS) is 12.4.